The van der Waals surface area contributed by atoms with Gasteiger partial charge in [-0.25, -0.2) is 9.98 Å². The number of carbonyl (C=O) groups excluding carboxylic acids is 1. The topological polar surface area (TPSA) is 74.6 Å². The van der Waals surface area contributed by atoms with E-state index in [1.165, 1.54) is 12.6 Å². The average Bonchev–Trinajstić information content (AvgIpc) is 3.34. The SMILES string of the molecule is C=C/C=C(\N=C(C)Nc1ccc(N(CCC)CCC)cc1)c1ccc(NC(C)=O)cc1.CCc1nccn1C. The van der Waals surface area contributed by atoms with Gasteiger partial charge < -0.3 is 20.1 Å². The Kier molecular flexibility index (Phi) is 13.3. The van der Waals surface area contributed by atoms with Gasteiger partial charge in [-0.2, -0.15) is 0 Å². The quantitative estimate of drug-likeness (QED) is 0.155. The lowest BCUT2D eigenvalue weighted by Crippen LogP contribution is -2.24. The van der Waals surface area contributed by atoms with Crippen LogP contribution in [0.5, 0.6) is 0 Å². The van der Waals surface area contributed by atoms with Crippen molar-refractivity contribution in [1.82, 2.24) is 9.55 Å². The van der Waals surface area contributed by atoms with Gasteiger partial charge in [-0.05, 0) is 62.2 Å². The van der Waals surface area contributed by atoms with Crippen LogP contribution >= 0.6 is 0 Å². The molecule has 0 aliphatic heterocycles. The Balaban J connectivity index is 0.000000568. The van der Waals surface area contributed by atoms with Crippen LogP contribution in [0.4, 0.5) is 17.1 Å². The fraction of sp³-hybridized carbons (Fsp3) is 0.344. The number of nitrogens with zero attached hydrogens (tertiary/aromatic N) is 4. The molecule has 3 aromatic rings. The van der Waals surface area contributed by atoms with Crippen molar-refractivity contribution in [1.29, 1.82) is 0 Å². The van der Waals surface area contributed by atoms with Gasteiger partial charge in [-0.3, -0.25) is 4.79 Å². The lowest BCUT2D eigenvalue weighted by Gasteiger charge is -2.24. The maximum absolute atomic E-state index is 11.2. The molecule has 0 spiro atoms. The molecule has 1 aromatic heterocycles. The number of aryl methyl sites for hydroxylation is 2. The molecule has 0 bridgehead atoms. The molecule has 0 fully saturated rings. The first kappa shape index (κ1) is 31.1. The molecule has 208 valence electrons. The first-order valence-electron chi connectivity index (χ1n) is 13.6. The number of hydrogen-bond donors (Lipinski definition) is 2. The molecule has 7 nitrogen and oxygen atoms in total. The number of amidine groups is 1. The molecule has 1 heterocycles. The van der Waals surface area contributed by atoms with Crippen LogP contribution in [-0.4, -0.2) is 34.4 Å². The van der Waals surface area contributed by atoms with Crippen LogP contribution in [0.1, 0.15) is 58.8 Å². The van der Waals surface area contributed by atoms with Gasteiger partial charge in [0.2, 0.25) is 5.91 Å². The van der Waals surface area contributed by atoms with Gasteiger partial charge in [-0.1, -0.05) is 45.6 Å². The van der Waals surface area contributed by atoms with Crippen LogP contribution < -0.4 is 15.5 Å². The molecule has 0 aliphatic carbocycles. The molecule has 39 heavy (non-hydrogen) atoms. The van der Waals surface area contributed by atoms with Gasteiger partial charge in [0.05, 0.1) is 5.70 Å². The summed E-state index contributed by atoms with van der Waals surface area (Å²) in [5, 5.41) is 6.14. The molecule has 0 aliphatic rings. The lowest BCUT2D eigenvalue weighted by molar-refractivity contribution is -0.114. The number of hydrogen-bond acceptors (Lipinski definition) is 4. The van der Waals surface area contributed by atoms with Gasteiger partial charge in [0, 0.05) is 68.5 Å². The van der Waals surface area contributed by atoms with E-state index in [0.717, 1.165) is 66.6 Å². The third kappa shape index (κ3) is 10.6. The van der Waals surface area contributed by atoms with Gasteiger partial charge >= 0.3 is 0 Å². The summed E-state index contributed by atoms with van der Waals surface area (Å²) >= 11 is 0. The van der Waals surface area contributed by atoms with Crippen LogP contribution in [0.15, 0.2) is 84.6 Å². The minimum absolute atomic E-state index is 0.0915. The third-order valence-electron chi connectivity index (χ3n) is 5.85. The molecule has 1 amide bonds. The Bertz CT molecular complexity index is 1220. The normalized spacial score (nSPS) is 11.3. The number of imidazole rings is 1. The van der Waals surface area contributed by atoms with E-state index in [-0.39, 0.29) is 5.91 Å². The average molecular weight is 529 g/mol. The van der Waals surface area contributed by atoms with Crippen molar-refractivity contribution in [3.8, 4) is 0 Å². The van der Waals surface area contributed by atoms with Crippen LogP contribution in [0, 0.1) is 0 Å². The van der Waals surface area contributed by atoms with E-state index in [9.17, 15) is 4.79 Å². The van der Waals surface area contributed by atoms with Crippen molar-refractivity contribution in [3.63, 3.8) is 0 Å². The highest BCUT2D eigenvalue weighted by Gasteiger charge is 2.06. The van der Waals surface area contributed by atoms with Crippen LogP contribution in [0.2, 0.25) is 0 Å². The minimum atomic E-state index is -0.0915. The highest BCUT2D eigenvalue weighted by atomic mass is 16.1. The number of anilines is 3. The Labute approximate surface area is 234 Å². The highest BCUT2D eigenvalue weighted by Crippen LogP contribution is 2.21. The molecule has 2 N–H and O–H groups in total. The summed E-state index contributed by atoms with van der Waals surface area (Å²) in [5.41, 5.74) is 4.74. The number of carbonyl (C=O) groups is 1. The highest BCUT2D eigenvalue weighted by molar-refractivity contribution is 5.97. The zero-order chi connectivity index (χ0) is 28.6. The second kappa shape index (κ2) is 16.7. The maximum atomic E-state index is 11.2. The standard InChI is InChI=1S/C26H34N4O.C6H10N2/c1-6-9-26(22-10-12-24(13-11-22)29-21(5)31)28-20(4)27-23-14-16-25(17-15-23)30(18-7-2)19-8-3;1-3-6-7-4-5-8(6)2/h6,9-17H,1,7-8,18-19H2,2-5H3,(H,27,28)(H,29,31);4-5H,3H2,1-2H3/b26-9-;. The minimum Gasteiger partial charge on any atom is -0.372 e. The number of nitrogens with one attached hydrogen (secondary N) is 2. The van der Waals surface area contributed by atoms with Gasteiger partial charge in [0.1, 0.15) is 11.7 Å². The fourth-order valence-corrected chi connectivity index (χ4v) is 4.06. The van der Waals surface area contributed by atoms with Gasteiger partial charge in [0.15, 0.2) is 0 Å². The first-order chi connectivity index (χ1) is 18.8. The molecule has 3 rings (SSSR count). The van der Waals surface area contributed by atoms with Crippen molar-refractivity contribution in [2.45, 2.75) is 53.9 Å². The molecule has 0 unspecified atom stereocenters. The van der Waals surface area contributed by atoms with E-state index in [4.69, 9.17) is 4.99 Å². The van der Waals surface area contributed by atoms with Crippen molar-refractivity contribution in [3.05, 3.63) is 91.0 Å². The van der Waals surface area contributed by atoms with Crippen LogP contribution in [0.25, 0.3) is 5.70 Å². The predicted octanol–water partition coefficient (Wildman–Crippen LogP) is 7.31. The molecule has 0 saturated carbocycles. The number of benzene rings is 2. The number of amides is 1. The largest absolute Gasteiger partial charge is 0.372 e. The van der Waals surface area contributed by atoms with Gasteiger partial charge in [-0.15, -0.1) is 0 Å². The molecular weight excluding hydrogens is 484 g/mol. The molecule has 0 atom stereocenters. The zero-order valence-corrected chi connectivity index (χ0v) is 24.4. The van der Waals surface area contributed by atoms with E-state index in [0.29, 0.717) is 0 Å². The number of rotatable bonds is 11. The van der Waals surface area contributed by atoms with E-state index < -0.39 is 0 Å². The van der Waals surface area contributed by atoms with Gasteiger partial charge in [0.25, 0.3) is 0 Å². The smallest absolute Gasteiger partial charge is 0.221 e. The van der Waals surface area contributed by atoms with E-state index in [2.05, 4.69) is 72.1 Å². The second-order valence-corrected chi connectivity index (χ2v) is 9.21. The molecule has 0 radical (unpaired) electrons. The summed E-state index contributed by atoms with van der Waals surface area (Å²) in [6, 6.07) is 16.1. The number of aliphatic imine (C=N–C) groups is 1. The summed E-state index contributed by atoms with van der Waals surface area (Å²) < 4.78 is 2.03. The Morgan fingerprint density at radius 3 is 2.03 bits per heavy atom. The van der Waals surface area contributed by atoms with Crippen LogP contribution in [-0.2, 0) is 18.3 Å². The first-order valence-corrected chi connectivity index (χ1v) is 13.6. The lowest BCUT2D eigenvalue weighted by atomic mass is 10.1. The molecule has 2 aromatic carbocycles. The summed E-state index contributed by atoms with van der Waals surface area (Å²) in [7, 11) is 2.01. The molecule has 7 heteroatoms. The Morgan fingerprint density at radius 2 is 1.56 bits per heavy atom. The monoisotopic (exact) mass is 528 g/mol. The fourth-order valence-electron chi connectivity index (χ4n) is 4.06. The molecule has 0 saturated heterocycles. The maximum Gasteiger partial charge on any atom is 0.221 e. The summed E-state index contributed by atoms with van der Waals surface area (Å²) in [6.45, 7) is 15.9. The Hall–Kier alpha value is -4.13. The van der Waals surface area contributed by atoms with E-state index in [1.54, 1.807) is 6.08 Å². The number of allylic oxidation sites excluding steroid dienone is 2. The second-order valence-electron chi connectivity index (χ2n) is 9.21. The van der Waals surface area contributed by atoms with Crippen molar-refractivity contribution < 1.29 is 4.79 Å². The zero-order valence-electron chi connectivity index (χ0n) is 24.4. The van der Waals surface area contributed by atoms with Crippen molar-refractivity contribution >= 4 is 34.5 Å². The van der Waals surface area contributed by atoms with E-state index in [1.807, 2.05) is 61.3 Å². The third-order valence-corrected chi connectivity index (χ3v) is 5.85. The van der Waals surface area contributed by atoms with Crippen molar-refractivity contribution in [2.75, 3.05) is 28.6 Å². The summed E-state index contributed by atoms with van der Waals surface area (Å²) in [5.74, 6) is 1.84. The van der Waals surface area contributed by atoms with Crippen molar-refractivity contribution in [2.24, 2.45) is 12.0 Å². The Morgan fingerprint density at radius 1 is 0.974 bits per heavy atom. The molecular formula is C32H44N6O. The summed E-state index contributed by atoms with van der Waals surface area (Å²) in [4.78, 5) is 22.5. The summed E-state index contributed by atoms with van der Waals surface area (Å²) in [6.07, 6.45) is 10.7. The predicted molar refractivity (Wildman–Crippen MR) is 167 cm³/mol. The number of aromatic nitrogens is 2. The van der Waals surface area contributed by atoms with Crippen LogP contribution in [0.3, 0.4) is 0 Å². The van der Waals surface area contributed by atoms with E-state index >= 15 is 0 Å².